The largest absolute Gasteiger partial charge is 0.457 e. The maximum atomic E-state index is 12.2. The quantitative estimate of drug-likeness (QED) is 0.436. The Balaban J connectivity index is 1.55. The summed E-state index contributed by atoms with van der Waals surface area (Å²) in [5, 5.41) is 11.5. The summed E-state index contributed by atoms with van der Waals surface area (Å²) in [5.74, 6) is -1.01. The van der Waals surface area contributed by atoms with Crippen molar-refractivity contribution in [2.45, 2.75) is 0 Å². The third-order valence-corrected chi connectivity index (χ3v) is 4.39. The predicted octanol–water partition coefficient (Wildman–Crippen LogP) is 2.35. The zero-order valence-electron chi connectivity index (χ0n) is 14.2. The van der Waals surface area contributed by atoms with Gasteiger partial charge in [0.05, 0.1) is 11.2 Å². The molecule has 1 fully saturated rings. The summed E-state index contributed by atoms with van der Waals surface area (Å²) in [7, 11) is 0. The fraction of sp³-hybridized carbons (Fsp3) is 0.294. The van der Waals surface area contributed by atoms with Gasteiger partial charge in [0.15, 0.2) is 6.61 Å². The van der Waals surface area contributed by atoms with E-state index in [1.165, 1.54) is 18.4 Å². The average Bonchev–Trinajstić information content (AvgIpc) is 3.21. The van der Waals surface area contributed by atoms with Gasteiger partial charge in [-0.25, -0.2) is 4.79 Å². The first-order valence-electron chi connectivity index (χ1n) is 8.13. The Morgan fingerprint density at radius 1 is 1.22 bits per heavy atom. The van der Waals surface area contributed by atoms with Gasteiger partial charge in [-0.1, -0.05) is 11.6 Å². The number of rotatable bonds is 5. The van der Waals surface area contributed by atoms with E-state index in [9.17, 15) is 19.7 Å². The summed E-state index contributed by atoms with van der Waals surface area (Å²) in [4.78, 5) is 38.0. The molecule has 2 heterocycles. The minimum absolute atomic E-state index is 0.0302. The van der Waals surface area contributed by atoms with Crippen molar-refractivity contribution in [1.29, 1.82) is 0 Å². The number of anilines is 1. The molecule has 0 bridgehead atoms. The molecule has 1 aromatic carbocycles. The molecule has 0 unspecified atom stereocenters. The van der Waals surface area contributed by atoms with Crippen molar-refractivity contribution in [2.24, 2.45) is 0 Å². The van der Waals surface area contributed by atoms with Crippen LogP contribution in [-0.4, -0.2) is 54.5 Å². The number of carbonyl (C=O) groups is 2. The Bertz CT molecular complexity index is 846. The van der Waals surface area contributed by atoms with E-state index in [0.29, 0.717) is 31.9 Å². The van der Waals surface area contributed by atoms with E-state index in [0.717, 1.165) is 0 Å². The van der Waals surface area contributed by atoms with E-state index >= 15 is 0 Å². The monoisotopic (exact) mass is 393 g/mol. The molecule has 1 aromatic heterocycles. The van der Waals surface area contributed by atoms with Gasteiger partial charge in [-0.2, -0.15) is 0 Å². The molecule has 1 saturated heterocycles. The topological polar surface area (TPSA) is 106 Å². The van der Waals surface area contributed by atoms with Crippen molar-refractivity contribution in [3.8, 4) is 0 Å². The van der Waals surface area contributed by atoms with E-state index in [1.807, 2.05) is 4.90 Å². The number of furan rings is 1. The Morgan fingerprint density at radius 3 is 2.59 bits per heavy atom. The number of halogens is 1. The summed E-state index contributed by atoms with van der Waals surface area (Å²) in [6.45, 7) is 1.16. The number of carbonyl (C=O) groups excluding carboxylic acids is 2. The second kappa shape index (κ2) is 8.09. The highest BCUT2D eigenvalue weighted by atomic mass is 35.5. The van der Waals surface area contributed by atoms with Crippen LogP contribution in [0, 0.1) is 10.1 Å². The van der Waals surface area contributed by atoms with Crippen molar-refractivity contribution >= 4 is 34.9 Å². The predicted molar refractivity (Wildman–Crippen MR) is 95.9 cm³/mol. The van der Waals surface area contributed by atoms with Crippen LogP contribution in [0.1, 0.15) is 10.6 Å². The third-order valence-electron chi connectivity index (χ3n) is 4.16. The first-order chi connectivity index (χ1) is 13.0. The molecular formula is C17H16ClN3O6. The fourth-order valence-corrected chi connectivity index (χ4v) is 2.96. The molecule has 0 radical (unpaired) electrons. The highest BCUT2D eigenvalue weighted by molar-refractivity contribution is 6.30. The van der Waals surface area contributed by atoms with Gasteiger partial charge in [-0.05, 0) is 24.3 Å². The van der Waals surface area contributed by atoms with E-state index in [-0.39, 0.29) is 29.0 Å². The number of nitro benzene ring substituents is 1. The molecule has 1 aliphatic rings. The lowest BCUT2D eigenvalue weighted by molar-refractivity contribution is -0.384. The molecule has 1 aliphatic heterocycles. The number of esters is 1. The molecule has 0 atom stereocenters. The van der Waals surface area contributed by atoms with Crippen LogP contribution in [0.5, 0.6) is 0 Å². The Morgan fingerprint density at radius 2 is 1.96 bits per heavy atom. The Hall–Kier alpha value is -3.07. The molecule has 3 rings (SSSR count). The number of hydrogen-bond donors (Lipinski definition) is 0. The van der Waals surface area contributed by atoms with E-state index < -0.39 is 10.9 Å². The minimum Gasteiger partial charge on any atom is -0.457 e. The van der Waals surface area contributed by atoms with E-state index in [4.69, 9.17) is 20.8 Å². The van der Waals surface area contributed by atoms with Gasteiger partial charge < -0.3 is 19.0 Å². The zero-order chi connectivity index (χ0) is 19.4. The number of piperazine rings is 1. The van der Waals surface area contributed by atoms with Crippen LogP contribution in [0.25, 0.3) is 0 Å². The summed E-state index contributed by atoms with van der Waals surface area (Å²) in [6.07, 6.45) is 1.34. The second-order valence-corrected chi connectivity index (χ2v) is 6.25. The van der Waals surface area contributed by atoms with E-state index in [2.05, 4.69) is 0 Å². The van der Waals surface area contributed by atoms with Crippen LogP contribution in [0.2, 0.25) is 5.02 Å². The Labute approximate surface area is 159 Å². The third kappa shape index (κ3) is 4.37. The van der Waals surface area contributed by atoms with Gasteiger partial charge >= 0.3 is 5.97 Å². The molecular weight excluding hydrogens is 378 g/mol. The van der Waals surface area contributed by atoms with Crippen molar-refractivity contribution in [1.82, 2.24) is 4.90 Å². The lowest BCUT2D eigenvalue weighted by atomic mass is 10.2. The van der Waals surface area contributed by atoms with E-state index in [1.54, 1.807) is 23.1 Å². The molecule has 10 heteroatoms. The summed E-state index contributed by atoms with van der Waals surface area (Å²) < 4.78 is 9.84. The SMILES string of the molecule is O=C(OCC(=O)N1CCN(c2ccc(Cl)cc2[N+](=O)[O-])CC1)c1ccco1. The first-order valence-corrected chi connectivity index (χ1v) is 8.51. The maximum absolute atomic E-state index is 12.2. The first kappa shape index (κ1) is 18.7. The molecule has 27 heavy (non-hydrogen) atoms. The summed E-state index contributed by atoms with van der Waals surface area (Å²) in [5.41, 5.74) is 0.385. The smallest absolute Gasteiger partial charge is 0.374 e. The number of nitro groups is 1. The second-order valence-electron chi connectivity index (χ2n) is 5.81. The number of nitrogens with zero attached hydrogens (tertiary/aromatic N) is 3. The molecule has 2 aromatic rings. The van der Waals surface area contributed by atoms with Crippen LogP contribution in [0.3, 0.4) is 0 Å². The van der Waals surface area contributed by atoms with Crippen molar-refractivity contribution in [3.63, 3.8) is 0 Å². The highest BCUT2D eigenvalue weighted by Gasteiger charge is 2.26. The molecule has 0 spiro atoms. The normalized spacial score (nSPS) is 14.1. The lowest BCUT2D eigenvalue weighted by Gasteiger charge is -2.35. The minimum atomic E-state index is -0.705. The number of amides is 1. The lowest BCUT2D eigenvalue weighted by Crippen LogP contribution is -2.50. The average molecular weight is 394 g/mol. The van der Waals surface area contributed by atoms with Gasteiger partial charge in [0.25, 0.3) is 11.6 Å². The van der Waals surface area contributed by atoms with Crippen molar-refractivity contribution in [2.75, 3.05) is 37.7 Å². The highest BCUT2D eigenvalue weighted by Crippen LogP contribution is 2.31. The standard InChI is InChI=1S/C17H16ClN3O6/c18-12-3-4-13(14(10-12)21(24)25)19-5-7-20(8-6-19)16(22)11-27-17(23)15-2-1-9-26-15/h1-4,9-10H,5-8,11H2. The van der Waals surface area contributed by atoms with Gasteiger partial charge in [0.2, 0.25) is 5.76 Å². The molecule has 1 amide bonds. The maximum Gasteiger partial charge on any atom is 0.374 e. The van der Waals surface area contributed by atoms with Crippen LogP contribution >= 0.6 is 11.6 Å². The summed E-state index contributed by atoms with van der Waals surface area (Å²) >= 11 is 5.84. The van der Waals surface area contributed by atoms with Crippen LogP contribution in [-0.2, 0) is 9.53 Å². The number of hydrogen-bond acceptors (Lipinski definition) is 7. The van der Waals surface area contributed by atoms with Gasteiger partial charge in [-0.15, -0.1) is 0 Å². The molecule has 0 N–H and O–H groups in total. The van der Waals surface area contributed by atoms with Gasteiger partial charge in [0.1, 0.15) is 5.69 Å². The molecule has 9 nitrogen and oxygen atoms in total. The van der Waals surface area contributed by atoms with Crippen molar-refractivity contribution < 1.29 is 23.7 Å². The van der Waals surface area contributed by atoms with Crippen LogP contribution in [0.15, 0.2) is 41.0 Å². The van der Waals surface area contributed by atoms with Gasteiger partial charge in [0, 0.05) is 37.3 Å². The van der Waals surface area contributed by atoms with Crippen molar-refractivity contribution in [3.05, 3.63) is 57.5 Å². The molecule has 0 aliphatic carbocycles. The van der Waals surface area contributed by atoms with Crippen LogP contribution < -0.4 is 4.90 Å². The molecule has 0 saturated carbocycles. The number of benzene rings is 1. The molecule has 142 valence electrons. The van der Waals surface area contributed by atoms with Gasteiger partial charge in [-0.3, -0.25) is 14.9 Å². The van der Waals surface area contributed by atoms with Crippen LogP contribution in [0.4, 0.5) is 11.4 Å². The summed E-state index contributed by atoms with van der Waals surface area (Å²) in [6, 6.07) is 7.50. The fourth-order valence-electron chi connectivity index (χ4n) is 2.79. The Kier molecular flexibility index (Phi) is 5.60. The number of ether oxygens (including phenoxy) is 1. The zero-order valence-corrected chi connectivity index (χ0v) is 14.9.